The van der Waals surface area contributed by atoms with Crippen molar-refractivity contribution in [2.24, 2.45) is 0 Å². The van der Waals surface area contributed by atoms with E-state index in [9.17, 15) is 15.0 Å². The van der Waals surface area contributed by atoms with Gasteiger partial charge in [-0.15, -0.1) is 0 Å². The van der Waals surface area contributed by atoms with Gasteiger partial charge in [-0.05, 0) is 33.2 Å². The van der Waals surface area contributed by atoms with Crippen LogP contribution in [0.15, 0.2) is 0 Å². The molecule has 0 aromatic rings. The Kier molecular flexibility index (Phi) is 4.91. The van der Waals surface area contributed by atoms with Crippen molar-refractivity contribution in [3.8, 4) is 0 Å². The zero-order chi connectivity index (χ0) is 13.1. The molecule has 0 aliphatic carbocycles. The Hall–Kier alpha value is -0.650. The molecule has 100 valence electrons. The molecule has 0 radical (unpaired) electrons. The molecular formula is C12H23NO4. The third-order valence-corrected chi connectivity index (χ3v) is 3.59. The summed E-state index contributed by atoms with van der Waals surface area (Å²) in [5.74, 6) is -0.916. The monoisotopic (exact) mass is 245 g/mol. The summed E-state index contributed by atoms with van der Waals surface area (Å²) in [7, 11) is 0. The first kappa shape index (κ1) is 14.4. The molecule has 2 N–H and O–H groups in total. The van der Waals surface area contributed by atoms with E-state index in [-0.39, 0.29) is 0 Å². The van der Waals surface area contributed by atoms with Crippen LogP contribution in [-0.2, 0) is 9.53 Å². The molecule has 0 bridgehead atoms. The Labute approximate surface area is 102 Å². The topological polar surface area (TPSA) is 70.0 Å². The normalized spacial score (nSPS) is 24.2. The maximum absolute atomic E-state index is 11.4. The summed E-state index contributed by atoms with van der Waals surface area (Å²) in [5.41, 5.74) is -1.12. The minimum Gasteiger partial charge on any atom is -0.479 e. The van der Waals surface area contributed by atoms with Gasteiger partial charge < -0.3 is 19.8 Å². The average molecular weight is 245 g/mol. The van der Waals surface area contributed by atoms with E-state index in [1.165, 1.54) is 0 Å². The molecule has 0 aromatic carbocycles. The lowest BCUT2D eigenvalue weighted by molar-refractivity contribution is -0.188. The number of likely N-dealkylation sites (tertiary alicyclic amines) is 1. The molecule has 1 rings (SSSR count). The molecule has 0 aromatic heterocycles. The first-order valence-corrected chi connectivity index (χ1v) is 6.23. The lowest BCUT2D eigenvalue weighted by Crippen LogP contribution is -2.53. The van der Waals surface area contributed by atoms with E-state index < -0.39 is 23.8 Å². The Morgan fingerprint density at radius 2 is 1.94 bits per heavy atom. The molecular weight excluding hydrogens is 222 g/mol. The number of aliphatic carboxylic acids is 1. The molecule has 1 heterocycles. The van der Waals surface area contributed by atoms with Crippen molar-refractivity contribution in [2.75, 3.05) is 19.6 Å². The van der Waals surface area contributed by atoms with Crippen LogP contribution >= 0.6 is 0 Å². The number of carboxylic acid groups (broad SMARTS) is 1. The zero-order valence-electron chi connectivity index (χ0n) is 10.8. The molecule has 1 saturated heterocycles. The van der Waals surface area contributed by atoms with Gasteiger partial charge in [0.2, 0.25) is 0 Å². The third kappa shape index (κ3) is 3.40. The van der Waals surface area contributed by atoms with Gasteiger partial charge in [0, 0.05) is 13.1 Å². The van der Waals surface area contributed by atoms with E-state index in [1.807, 2.05) is 0 Å². The summed E-state index contributed by atoms with van der Waals surface area (Å²) in [6, 6.07) is 0. The highest BCUT2D eigenvalue weighted by Gasteiger charge is 2.44. The fraction of sp³-hybridized carbons (Fsp3) is 0.917. The van der Waals surface area contributed by atoms with Gasteiger partial charge >= 0.3 is 5.97 Å². The minimum atomic E-state index is -1.12. The number of rotatable bonds is 5. The highest BCUT2D eigenvalue weighted by Crippen LogP contribution is 2.28. The van der Waals surface area contributed by atoms with E-state index in [0.717, 1.165) is 19.6 Å². The Morgan fingerprint density at radius 1 is 1.41 bits per heavy atom. The molecule has 2 atom stereocenters. The summed E-state index contributed by atoms with van der Waals surface area (Å²) >= 11 is 0. The van der Waals surface area contributed by atoms with E-state index in [2.05, 4.69) is 11.8 Å². The molecule has 1 fully saturated rings. The van der Waals surface area contributed by atoms with Gasteiger partial charge in [0.15, 0.2) is 5.60 Å². The Bertz CT molecular complexity index is 259. The van der Waals surface area contributed by atoms with Gasteiger partial charge in [0.25, 0.3) is 0 Å². The number of hydrogen-bond acceptors (Lipinski definition) is 4. The first-order chi connectivity index (χ1) is 7.91. The van der Waals surface area contributed by atoms with Crippen LogP contribution in [0.25, 0.3) is 0 Å². The van der Waals surface area contributed by atoms with Crippen LogP contribution < -0.4 is 0 Å². The van der Waals surface area contributed by atoms with Crippen LogP contribution in [0, 0.1) is 0 Å². The number of hydrogen-bond donors (Lipinski definition) is 2. The van der Waals surface area contributed by atoms with Crippen LogP contribution in [-0.4, -0.2) is 58.5 Å². The SMILES string of the molecule is CCN1CCC(OC(C)C(C)O)(C(=O)O)CC1. The van der Waals surface area contributed by atoms with Crippen LogP contribution in [0.3, 0.4) is 0 Å². The summed E-state index contributed by atoms with van der Waals surface area (Å²) < 4.78 is 5.62. The maximum atomic E-state index is 11.4. The van der Waals surface area contributed by atoms with Gasteiger partial charge in [-0.3, -0.25) is 0 Å². The van der Waals surface area contributed by atoms with Crippen molar-refractivity contribution in [3.63, 3.8) is 0 Å². The first-order valence-electron chi connectivity index (χ1n) is 6.23. The second kappa shape index (κ2) is 5.80. The maximum Gasteiger partial charge on any atom is 0.336 e. The molecule has 1 aliphatic heterocycles. The van der Waals surface area contributed by atoms with E-state index >= 15 is 0 Å². The minimum absolute atomic E-state index is 0.459. The molecule has 5 heteroatoms. The quantitative estimate of drug-likeness (QED) is 0.746. The van der Waals surface area contributed by atoms with Gasteiger partial charge in [0.1, 0.15) is 0 Å². The molecule has 0 spiro atoms. The fourth-order valence-corrected chi connectivity index (χ4v) is 2.07. The summed E-state index contributed by atoms with van der Waals surface area (Å²) in [6.45, 7) is 7.78. The average Bonchev–Trinajstić information content (AvgIpc) is 2.29. The third-order valence-electron chi connectivity index (χ3n) is 3.59. The van der Waals surface area contributed by atoms with Gasteiger partial charge in [0.05, 0.1) is 12.2 Å². The number of aliphatic hydroxyl groups excluding tert-OH is 1. The lowest BCUT2D eigenvalue weighted by Gasteiger charge is -2.40. The van der Waals surface area contributed by atoms with Gasteiger partial charge in [-0.25, -0.2) is 4.79 Å². The van der Waals surface area contributed by atoms with E-state index in [0.29, 0.717) is 12.8 Å². The predicted octanol–water partition coefficient (Wildman–Crippen LogP) is 0.711. The number of carboxylic acids is 1. The number of aliphatic hydroxyl groups is 1. The van der Waals surface area contributed by atoms with Gasteiger partial charge in [-0.2, -0.15) is 0 Å². The Balaban J connectivity index is 2.68. The molecule has 5 nitrogen and oxygen atoms in total. The largest absolute Gasteiger partial charge is 0.479 e. The van der Waals surface area contributed by atoms with E-state index in [1.54, 1.807) is 13.8 Å². The number of nitrogens with zero attached hydrogens (tertiary/aromatic N) is 1. The van der Waals surface area contributed by atoms with Crippen LogP contribution in [0.1, 0.15) is 33.6 Å². The van der Waals surface area contributed by atoms with Crippen LogP contribution in [0.4, 0.5) is 0 Å². The van der Waals surface area contributed by atoms with Crippen molar-refractivity contribution in [3.05, 3.63) is 0 Å². The fourth-order valence-electron chi connectivity index (χ4n) is 2.07. The van der Waals surface area contributed by atoms with Crippen molar-refractivity contribution in [1.29, 1.82) is 0 Å². The number of carbonyl (C=O) groups is 1. The standard InChI is InChI=1S/C12H23NO4/c1-4-13-7-5-12(6-8-13,11(15)16)17-10(3)9(2)14/h9-10,14H,4-8H2,1-3H3,(H,15,16). The van der Waals surface area contributed by atoms with Crippen LogP contribution in [0.2, 0.25) is 0 Å². The van der Waals surface area contributed by atoms with Crippen LogP contribution in [0.5, 0.6) is 0 Å². The molecule has 0 amide bonds. The van der Waals surface area contributed by atoms with Crippen molar-refractivity contribution < 1.29 is 19.7 Å². The van der Waals surface area contributed by atoms with Gasteiger partial charge in [-0.1, -0.05) is 6.92 Å². The summed E-state index contributed by atoms with van der Waals surface area (Å²) in [6.07, 6.45) is -0.157. The van der Waals surface area contributed by atoms with Crippen molar-refractivity contribution in [2.45, 2.75) is 51.4 Å². The Morgan fingerprint density at radius 3 is 2.29 bits per heavy atom. The highest BCUT2D eigenvalue weighted by atomic mass is 16.5. The molecule has 0 saturated carbocycles. The van der Waals surface area contributed by atoms with Crippen molar-refractivity contribution >= 4 is 5.97 Å². The second-order valence-corrected chi connectivity index (χ2v) is 4.80. The number of ether oxygens (including phenoxy) is 1. The number of piperidine rings is 1. The van der Waals surface area contributed by atoms with E-state index in [4.69, 9.17) is 4.74 Å². The summed E-state index contributed by atoms with van der Waals surface area (Å²) in [5, 5.41) is 18.8. The van der Waals surface area contributed by atoms with Crippen molar-refractivity contribution in [1.82, 2.24) is 4.90 Å². The highest BCUT2D eigenvalue weighted by molar-refractivity contribution is 5.77. The zero-order valence-corrected chi connectivity index (χ0v) is 10.8. The second-order valence-electron chi connectivity index (χ2n) is 4.80. The molecule has 17 heavy (non-hydrogen) atoms. The predicted molar refractivity (Wildman–Crippen MR) is 63.9 cm³/mol. The molecule has 2 unspecified atom stereocenters. The summed E-state index contributed by atoms with van der Waals surface area (Å²) in [4.78, 5) is 13.6. The lowest BCUT2D eigenvalue weighted by atomic mass is 9.90. The molecule has 1 aliphatic rings. The smallest absolute Gasteiger partial charge is 0.336 e.